The van der Waals surface area contributed by atoms with Crippen LogP contribution in [0.15, 0.2) is 48.6 Å². The van der Waals surface area contributed by atoms with Crippen molar-refractivity contribution in [3.63, 3.8) is 0 Å². The van der Waals surface area contributed by atoms with Crippen LogP contribution in [-0.4, -0.2) is 0 Å². The Balaban J connectivity index is 2.39. The van der Waals surface area contributed by atoms with Crippen molar-refractivity contribution in [2.75, 3.05) is 0 Å². The fraction of sp³-hybridized carbons (Fsp3) is 0.385. The van der Waals surface area contributed by atoms with Crippen LogP contribution in [-0.2, 0) is 0 Å². The van der Waals surface area contributed by atoms with Crippen molar-refractivity contribution in [2.45, 2.75) is 32.1 Å². The maximum Gasteiger partial charge on any atom is -0.0348 e. The van der Waals surface area contributed by atoms with Crippen molar-refractivity contribution in [1.82, 2.24) is 0 Å². The van der Waals surface area contributed by atoms with Crippen molar-refractivity contribution in [3.8, 4) is 0 Å². The van der Waals surface area contributed by atoms with Crippen molar-refractivity contribution < 1.29 is 0 Å². The molecular formula is C13H18. The minimum atomic E-state index is 1.22. The topological polar surface area (TPSA) is 0 Å². The minimum Gasteiger partial charge on any atom is -0.0845 e. The molecule has 0 saturated carbocycles. The van der Waals surface area contributed by atoms with Gasteiger partial charge in [0.1, 0.15) is 0 Å². The Morgan fingerprint density at radius 2 is 0.923 bits per heavy atom. The molecule has 0 unspecified atom stereocenters. The largest absolute Gasteiger partial charge is 0.0845 e. The van der Waals surface area contributed by atoms with Gasteiger partial charge in [-0.1, -0.05) is 55.0 Å². The molecule has 0 aliphatic heterocycles. The summed E-state index contributed by atoms with van der Waals surface area (Å²) in [6.45, 7) is 0. The fourth-order valence-corrected chi connectivity index (χ4v) is 1.31. The van der Waals surface area contributed by atoms with E-state index in [-0.39, 0.29) is 0 Å². The Morgan fingerprint density at radius 3 is 1.46 bits per heavy atom. The monoisotopic (exact) mass is 174 g/mol. The molecule has 0 bridgehead atoms. The maximum atomic E-state index is 2.25. The first-order chi connectivity index (χ1) is 6.50. The van der Waals surface area contributed by atoms with E-state index < -0.39 is 0 Å². The summed E-state index contributed by atoms with van der Waals surface area (Å²) in [6, 6.07) is 0. The standard InChI is InChI=1S/C13H18/c1-2-4-6-8-10-12-13-11-9-7-5-3-1/h1-8H,9-13H2/b3-1-,4-2+,7-5?,8-6-. The lowest BCUT2D eigenvalue weighted by molar-refractivity contribution is 0.696. The number of rotatable bonds is 0. The molecule has 1 aliphatic carbocycles. The molecule has 0 saturated heterocycles. The van der Waals surface area contributed by atoms with E-state index in [1.807, 2.05) is 0 Å². The van der Waals surface area contributed by atoms with Crippen LogP contribution in [0, 0.1) is 0 Å². The van der Waals surface area contributed by atoms with Gasteiger partial charge in [-0.3, -0.25) is 0 Å². The molecule has 0 fully saturated rings. The number of allylic oxidation sites excluding steroid dienone is 8. The average Bonchev–Trinajstić information content (AvgIpc) is 2.18. The second-order valence-corrected chi connectivity index (χ2v) is 3.26. The third-order valence-electron chi connectivity index (χ3n) is 2.07. The SMILES string of the molecule is C1=CCCCCC\C=C/C=C/C=C\1. The Morgan fingerprint density at radius 1 is 0.462 bits per heavy atom. The maximum absolute atomic E-state index is 2.25. The molecule has 0 aromatic carbocycles. The van der Waals surface area contributed by atoms with Crippen LogP contribution in [0.25, 0.3) is 0 Å². The van der Waals surface area contributed by atoms with E-state index in [2.05, 4.69) is 48.6 Å². The first-order valence-corrected chi connectivity index (χ1v) is 5.15. The summed E-state index contributed by atoms with van der Waals surface area (Å²) in [6.07, 6.45) is 23.5. The van der Waals surface area contributed by atoms with Gasteiger partial charge in [0.05, 0.1) is 0 Å². The molecule has 0 heterocycles. The van der Waals surface area contributed by atoms with Crippen LogP contribution in [0.1, 0.15) is 32.1 Å². The van der Waals surface area contributed by atoms with Gasteiger partial charge in [-0.15, -0.1) is 0 Å². The Hall–Kier alpha value is -1.04. The van der Waals surface area contributed by atoms with Gasteiger partial charge < -0.3 is 0 Å². The van der Waals surface area contributed by atoms with Gasteiger partial charge in [0, 0.05) is 0 Å². The molecule has 0 heteroatoms. The zero-order chi connectivity index (χ0) is 9.19. The minimum absolute atomic E-state index is 1.22. The molecule has 0 amide bonds. The van der Waals surface area contributed by atoms with Crippen LogP contribution >= 0.6 is 0 Å². The van der Waals surface area contributed by atoms with E-state index in [1.54, 1.807) is 0 Å². The van der Waals surface area contributed by atoms with E-state index in [0.717, 1.165) is 0 Å². The summed E-state index contributed by atoms with van der Waals surface area (Å²) < 4.78 is 0. The van der Waals surface area contributed by atoms with E-state index >= 15 is 0 Å². The zero-order valence-electron chi connectivity index (χ0n) is 8.15. The van der Waals surface area contributed by atoms with Crippen LogP contribution in [0.4, 0.5) is 0 Å². The van der Waals surface area contributed by atoms with Crippen LogP contribution in [0.2, 0.25) is 0 Å². The molecular weight excluding hydrogens is 156 g/mol. The van der Waals surface area contributed by atoms with Gasteiger partial charge in [0.15, 0.2) is 0 Å². The normalized spacial score (nSPS) is 26.5. The van der Waals surface area contributed by atoms with E-state index in [1.165, 1.54) is 32.1 Å². The predicted molar refractivity (Wildman–Crippen MR) is 59.6 cm³/mol. The summed E-state index contributed by atoms with van der Waals surface area (Å²) in [5.41, 5.74) is 0. The molecule has 0 radical (unpaired) electrons. The summed E-state index contributed by atoms with van der Waals surface area (Å²) in [5, 5.41) is 0. The lowest BCUT2D eigenvalue weighted by Crippen LogP contribution is -1.74. The first-order valence-electron chi connectivity index (χ1n) is 5.15. The molecule has 0 atom stereocenters. The van der Waals surface area contributed by atoms with Gasteiger partial charge in [0.25, 0.3) is 0 Å². The summed E-state index contributed by atoms with van der Waals surface area (Å²) >= 11 is 0. The summed E-state index contributed by atoms with van der Waals surface area (Å²) in [7, 11) is 0. The molecule has 0 aromatic heterocycles. The van der Waals surface area contributed by atoms with Crippen molar-refractivity contribution in [1.29, 1.82) is 0 Å². The van der Waals surface area contributed by atoms with E-state index in [9.17, 15) is 0 Å². The fourth-order valence-electron chi connectivity index (χ4n) is 1.31. The van der Waals surface area contributed by atoms with Gasteiger partial charge in [-0.05, 0) is 25.7 Å². The van der Waals surface area contributed by atoms with Crippen molar-refractivity contribution >= 4 is 0 Å². The lowest BCUT2D eigenvalue weighted by atomic mass is 10.1. The highest BCUT2D eigenvalue weighted by molar-refractivity contribution is 5.15. The third-order valence-corrected chi connectivity index (χ3v) is 2.07. The molecule has 70 valence electrons. The molecule has 1 rings (SSSR count). The number of hydrogen-bond acceptors (Lipinski definition) is 0. The predicted octanol–water partition coefficient (Wildman–Crippen LogP) is 4.18. The molecule has 0 spiro atoms. The molecule has 13 heavy (non-hydrogen) atoms. The van der Waals surface area contributed by atoms with Gasteiger partial charge >= 0.3 is 0 Å². The van der Waals surface area contributed by atoms with Crippen LogP contribution in [0.5, 0.6) is 0 Å². The highest BCUT2D eigenvalue weighted by Crippen LogP contribution is 2.04. The second-order valence-electron chi connectivity index (χ2n) is 3.26. The van der Waals surface area contributed by atoms with E-state index in [4.69, 9.17) is 0 Å². The summed E-state index contributed by atoms with van der Waals surface area (Å²) in [4.78, 5) is 0. The quantitative estimate of drug-likeness (QED) is 0.517. The van der Waals surface area contributed by atoms with Crippen molar-refractivity contribution in [2.24, 2.45) is 0 Å². The third kappa shape index (κ3) is 6.15. The first kappa shape index (κ1) is 10.0. The van der Waals surface area contributed by atoms with Gasteiger partial charge in [-0.25, -0.2) is 0 Å². The highest BCUT2D eigenvalue weighted by atomic mass is 13.9. The second kappa shape index (κ2) is 7.60. The van der Waals surface area contributed by atoms with Gasteiger partial charge in [0.2, 0.25) is 0 Å². The highest BCUT2D eigenvalue weighted by Gasteiger charge is 1.85. The van der Waals surface area contributed by atoms with Crippen molar-refractivity contribution in [3.05, 3.63) is 48.6 Å². The average molecular weight is 174 g/mol. The number of hydrogen-bond donors (Lipinski definition) is 0. The molecule has 0 nitrogen and oxygen atoms in total. The van der Waals surface area contributed by atoms with Crippen LogP contribution < -0.4 is 0 Å². The zero-order valence-corrected chi connectivity index (χ0v) is 8.15. The Bertz CT molecular complexity index is 192. The smallest absolute Gasteiger partial charge is 0.0348 e. The Kier molecular flexibility index (Phi) is 5.87. The summed E-state index contributed by atoms with van der Waals surface area (Å²) in [5.74, 6) is 0. The Labute approximate surface area is 81.4 Å². The lowest BCUT2D eigenvalue weighted by Gasteiger charge is -1.93. The van der Waals surface area contributed by atoms with E-state index in [0.29, 0.717) is 0 Å². The van der Waals surface area contributed by atoms with Gasteiger partial charge in [-0.2, -0.15) is 0 Å². The molecule has 0 N–H and O–H groups in total. The van der Waals surface area contributed by atoms with Crippen LogP contribution in [0.3, 0.4) is 0 Å². The molecule has 0 aromatic rings. The molecule has 1 aliphatic rings.